The Morgan fingerprint density at radius 1 is 1.38 bits per heavy atom. The lowest BCUT2D eigenvalue weighted by atomic mass is 9.92. The van der Waals surface area contributed by atoms with Crippen LogP contribution in [0.15, 0.2) is 0 Å². The van der Waals surface area contributed by atoms with Crippen molar-refractivity contribution in [3.63, 3.8) is 0 Å². The van der Waals surface area contributed by atoms with Gasteiger partial charge in [0.05, 0.1) is 5.92 Å². The molecule has 0 aromatic rings. The molecule has 2 rings (SSSR count). The van der Waals surface area contributed by atoms with Crippen molar-refractivity contribution in [2.24, 2.45) is 11.7 Å². The minimum absolute atomic E-state index is 0.174. The van der Waals surface area contributed by atoms with Crippen LogP contribution in [-0.4, -0.2) is 41.1 Å². The Kier molecular flexibility index (Phi) is 2.26. The zero-order valence-electron chi connectivity index (χ0n) is 7.65. The van der Waals surface area contributed by atoms with Crippen LogP contribution >= 0.6 is 0 Å². The van der Waals surface area contributed by atoms with Crippen LogP contribution in [0.4, 0.5) is 0 Å². The van der Waals surface area contributed by atoms with Gasteiger partial charge in [-0.3, -0.25) is 9.69 Å². The zero-order valence-corrected chi connectivity index (χ0v) is 7.65. The van der Waals surface area contributed by atoms with E-state index in [0.29, 0.717) is 12.5 Å². The van der Waals surface area contributed by atoms with Gasteiger partial charge >= 0.3 is 5.97 Å². The highest BCUT2D eigenvalue weighted by atomic mass is 16.4. The van der Waals surface area contributed by atoms with Crippen molar-refractivity contribution >= 4 is 5.97 Å². The average molecular weight is 184 g/mol. The maximum Gasteiger partial charge on any atom is 0.308 e. The fraction of sp³-hybridized carbons (Fsp3) is 0.889. The largest absolute Gasteiger partial charge is 0.481 e. The van der Waals surface area contributed by atoms with Gasteiger partial charge < -0.3 is 10.8 Å². The van der Waals surface area contributed by atoms with Gasteiger partial charge in [-0.15, -0.1) is 0 Å². The second kappa shape index (κ2) is 3.27. The second-order valence-electron chi connectivity index (χ2n) is 4.12. The Morgan fingerprint density at radius 2 is 2.08 bits per heavy atom. The van der Waals surface area contributed by atoms with Gasteiger partial charge in [0.1, 0.15) is 0 Å². The van der Waals surface area contributed by atoms with Crippen molar-refractivity contribution in [3.8, 4) is 0 Å². The van der Waals surface area contributed by atoms with E-state index >= 15 is 0 Å². The summed E-state index contributed by atoms with van der Waals surface area (Å²) in [5, 5.41) is 8.85. The highest BCUT2D eigenvalue weighted by Crippen LogP contribution is 2.30. The number of aliphatic carboxylic acids is 1. The third-order valence-corrected chi connectivity index (χ3v) is 3.07. The molecule has 0 aromatic heterocycles. The summed E-state index contributed by atoms with van der Waals surface area (Å²) in [7, 11) is 0. The summed E-state index contributed by atoms with van der Waals surface area (Å²) in [6.07, 6.45) is 3.25. The van der Waals surface area contributed by atoms with Crippen LogP contribution in [0, 0.1) is 5.92 Å². The molecule has 1 aliphatic carbocycles. The molecule has 4 nitrogen and oxygen atoms in total. The van der Waals surface area contributed by atoms with E-state index in [1.807, 2.05) is 0 Å². The number of likely N-dealkylation sites (tertiary alicyclic amines) is 1. The lowest BCUT2D eigenvalue weighted by molar-refractivity contribution is -0.144. The quantitative estimate of drug-likeness (QED) is 0.628. The van der Waals surface area contributed by atoms with Crippen molar-refractivity contribution in [1.29, 1.82) is 0 Å². The first-order valence-corrected chi connectivity index (χ1v) is 4.91. The number of nitrogens with two attached hydrogens (primary N) is 1. The summed E-state index contributed by atoms with van der Waals surface area (Å²) in [6.45, 7) is 1.68. The molecule has 0 bridgehead atoms. The molecule has 2 unspecified atom stereocenters. The van der Waals surface area contributed by atoms with Crippen LogP contribution in [0.1, 0.15) is 19.3 Å². The maximum absolute atomic E-state index is 10.8. The Labute approximate surface area is 77.7 Å². The van der Waals surface area contributed by atoms with E-state index in [1.54, 1.807) is 0 Å². The molecule has 74 valence electrons. The van der Waals surface area contributed by atoms with Crippen LogP contribution in [0.3, 0.4) is 0 Å². The van der Waals surface area contributed by atoms with E-state index in [2.05, 4.69) is 4.90 Å². The van der Waals surface area contributed by atoms with Crippen molar-refractivity contribution in [2.45, 2.75) is 31.3 Å². The van der Waals surface area contributed by atoms with E-state index in [1.165, 1.54) is 12.8 Å². The van der Waals surface area contributed by atoms with Gasteiger partial charge in [0.25, 0.3) is 0 Å². The van der Waals surface area contributed by atoms with E-state index < -0.39 is 5.97 Å². The van der Waals surface area contributed by atoms with Gasteiger partial charge in [0, 0.05) is 18.6 Å². The first-order chi connectivity index (χ1) is 6.18. The number of rotatable bonds is 2. The van der Waals surface area contributed by atoms with Gasteiger partial charge in [-0.1, -0.05) is 0 Å². The maximum atomic E-state index is 10.8. The number of carboxylic acid groups (broad SMARTS) is 1. The summed E-state index contributed by atoms with van der Waals surface area (Å²) < 4.78 is 0. The van der Waals surface area contributed by atoms with Crippen LogP contribution < -0.4 is 5.73 Å². The van der Waals surface area contributed by atoms with E-state index in [4.69, 9.17) is 10.8 Å². The average Bonchev–Trinajstić information content (AvgIpc) is 2.85. The molecule has 3 N–H and O–H groups in total. The second-order valence-corrected chi connectivity index (χ2v) is 4.12. The number of nitrogens with zero attached hydrogens (tertiary/aromatic N) is 1. The third kappa shape index (κ3) is 1.84. The van der Waals surface area contributed by atoms with Gasteiger partial charge in [-0.25, -0.2) is 0 Å². The summed E-state index contributed by atoms with van der Waals surface area (Å²) in [4.78, 5) is 13.1. The fourth-order valence-electron chi connectivity index (χ4n) is 2.09. The predicted molar refractivity (Wildman–Crippen MR) is 48.3 cm³/mol. The summed E-state index contributed by atoms with van der Waals surface area (Å²) >= 11 is 0. The number of carbonyl (C=O) groups is 1. The number of carboxylic acids is 1. The normalized spacial score (nSPS) is 36.1. The van der Waals surface area contributed by atoms with Crippen molar-refractivity contribution in [3.05, 3.63) is 0 Å². The lowest BCUT2D eigenvalue weighted by Gasteiger charge is -2.34. The molecular formula is C9H16N2O2. The molecule has 2 aliphatic rings. The van der Waals surface area contributed by atoms with E-state index in [-0.39, 0.29) is 12.0 Å². The Bertz CT molecular complexity index is 216. The van der Waals surface area contributed by atoms with Crippen LogP contribution in [-0.2, 0) is 4.79 Å². The molecule has 4 heteroatoms. The summed E-state index contributed by atoms with van der Waals surface area (Å²) in [5.41, 5.74) is 5.81. The van der Waals surface area contributed by atoms with Gasteiger partial charge in [-0.2, -0.15) is 0 Å². The molecule has 0 radical (unpaired) electrons. The minimum Gasteiger partial charge on any atom is -0.481 e. The molecule has 1 saturated carbocycles. The van der Waals surface area contributed by atoms with Crippen molar-refractivity contribution < 1.29 is 9.90 Å². The van der Waals surface area contributed by atoms with Gasteiger partial charge in [0.15, 0.2) is 0 Å². The number of hydrogen-bond donors (Lipinski definition) is 2. The molecule has 2 fully saturated rings. The van der Waals surface area contributed by atoms with Crippen LogP contribution in [0.2, 0.25) is 0 Å². The summed E-state index contributed by atoms with van der Waals surface area (Å²) in [5.74, 6) is -1.06. The van der Waals surface area contributed by atoms with Crippen molar-refractivity contribution in [2.75, 3.05) is 13.1 Å². The molecule has 0 spiro atoms. The highest BCUT2D eigenvalue weighted by Gasteiger charge is 2.37. The molecule has 13 heavy (non-hydrogen) atoms. The van der Waals surface area contributed by atoms with E-state index in [0.717, 1.165) is 13.1 Å². The monoisotopic (exact) mass is 184 g/mol. The Hall–Kier alpha value is -0.610. The molecule has 2 atom stereocenters. The SMILES string of the molecule is NC1CN(C2CC2)CCC1C(=O)O. The predicted octanol–water partition coefficient (Wildman–Crippen LogP) is -0.117. The van der Waals surface area contributed by atoms with Gasteiger partial charge in [-0.05, 0) is 25.8 Å². The van der Waals surface area contributed by atoms with Crippen molar-refractivity contribution in [1.82, 2.24) is 4.90 Å². The van der Waals surface area contributed by atoms with Crippen LogP contribution in [0.5, 0.6) is 0 Å². The molecule has 1 aliphatic heterocycles. The minimum atomic E-state index is -0.733. The van der Waals surface area contributed by atoms with Crippen LogP contribution in [0.25, 0.3) is 0 Å². The fourth-order valence-corrected chi connectivity index (χ4v) is 2.09. The van der Waals surface area contributed by atoms with Gasteiger partial charge in [0.2, 0.25) is 0 Å². The Balaban J connectivity index is 1.90. The molecule has 1 heterocycles. The first-order valence-electron chi connectivity index (χ1n) is 4.91. The molecule has 0 amide bonds. The highest BCUT2D eigenvalue weighted by molar-refractivity contribution is 5.71. The first kappa shape index (κ1) is 8.97. The molecule has 0 aromatic carbocycles. The number of piperidine rings is 1. The molecular weight excluding hydrogens is 168 g/mol. The summed E-state index contributed by atoms with van der Waals surface area (Å²) in [6, 6.07) is 0.535. The Morgan fingerprint density at radius 3 is 2.54 bits per heavy atom. The lowest BCUT2D eigenvalue weighted by Crippen LogP contribution is -2.51. The third-order valence-electron chi connectivity index (χ3n) is 3.07. The molecule has 1 saturated heterocycles. The standard InChI is InChI=1S/C9H16N2O2/c10-8-5-11(6-1-2-6)4-3-7(8)9(12)13/h6-8H,1-5,10H2,(H,12,13). The van der Waals surface area contributed by atoms with E-state index in [9.17, 15) is 4.79 Å². The topological polar surface area (TPSA) is 66.6 Å². The zero-order chi connectivity index (χ0) is 9.42. The smallest absolute Gasteiger partial charge is 0.308 e. The number of hydrogen-bond acceptors (Lipinski definition) is 3.